The van der Waals surface area contributed by atoms with Crippen LogP contribution in [0.3, 0.4) is 0 Å². The Kier molecular flexibility index (Phi) is 3.52. The maximum atomic E-state index is 13.5. The molecule has 0 saturated carbocycles. The number of aromatic nitrogens is 2. The van der Waals surface area contributed by atoms with Gasteiger partial charge in [0.15, 0.2) is 11.6 Å². The minimum atomic E-state index is -0.769. The van der Waals surface area contributed by atoms with Gasteiger partial charge in [-0.25, -0.2) is 13.5 Å². The maximum Gasteiger partial charge on any atom is 0.222 e. The lowest BCUT2D eigenvalue weighted by Crippen LogP contribution is -1.98. The number of hydrogen-bond donors (Lipinski definition) is 0. The van der Waals surface area contributed by atoms with Crippen LogP contribution in [0.1, 0.15) is 11.3 Å². The Morgan fingerprint density at radius 3 is 2.72 bits per heavy atom. The predicted octanol–water partition coefficient (Wildman–Crippen LogP) is 3.54. The molecule has 0 aliphatic carbocycles. The van der Waals surface area contributed by atoms with Crippen LogP contribution in [0.5, 0.6) is 11.6 Å². The van der Waals surface area contributed by atoms with E-state index in [1.54, 1.807) is 14.0 Å². The Bertz CT molecular complexity index is 584. The standard InChI is InChI=1S/C12H11ClF2N2O/c1-7-9(6-13)12(17(2)16-7)18-11-4-3-8(14)5-10(11)15/h3-5H,6H2,1-2H3. The van der Waals surface area contributed by atoms with E-state index in [1.165, 1.54) is 10.7 Å². The fraction of sp³-hybridized carbons (Fsp3) is 0.250. The topological polar surface area (TPSA) is 27.1 Å². The lowest BCUT2D eigenvalue weighted by atomic mass is 10.3. The zero-order valence-electron chi connectivity index (χ0n) is 9.88. The van der Waals surface area contributed by atoms with Gasteiger partial charge in [-0.05, 0) is 19.1 Å². The SMILES string of the molecule is Cc1nn(C)c(Oc2ccc(F)cc2F)c1CCl. The van der Waals surface area contributed by atoms with Gasteiger partial charge >= 0.3 is 0 Å². The first-order chi connectivity index (χ1) is 8.52. The second-order valence-corrected chi connectivity index (χ2v) is 4.07. The molecule has 1 aromatic heterocycles. The minimum absolute atomic E-state index is 0.0641. The van der Waals surface area contributed by atoms with Gasteiger partial charge in [-0.2, -0.15) is 5.10 Å². The summed E-state index contributed by atoms with van der Waals surface area (Å²) >= 11 is 5.79. The zero-order chi connectivity index (χ0) is 13.3. The second kappa shape index (κ2) is 4.94. The summed E-state index contributed by atoms with van der Waals surface area (Å²) in [4.78, 5) is 0. The molecule has 0 saturated heterocycles. The lowest BCUT2D eigenvalue weighted by Gasteiger charge is -2.08. The highest BCUT2D eigenvalue weighted by Gasteiger charge is 2.16. The molecule has 0 bridgehead atoms. The number of rotatable bonds is 3. The summed E-state index contributed by atoms with van der Waals surface area (Å²) in [7, 11) is 1.67. The number of nitrogens with zero attached hydrogens (tertiary/aromatic N) is 2. The van der Waals surface area contributed by atoms with E-state index in [-0.39, 0.29) is 11.6 Å². The van der Waals surface area contributed by atoms with Gasteiger partial charge in [-0.1, -0.05) is 0 Å². The summed E-state index contributed by atoms with van der Waals surface area (Å²) in [6.07, 6.45) is 0. The predicted molar refractivity (Wildman–Crippen MR) is 63.9 cm³/mol. The number of alkyl halides is 1. The molecule has 2 aromatic rings. The van der Waals surface area contributed by atoms with Gasteiger partial charge in [0.05, 0.1) is 17.1 Å². The van der Waals surface area contributed by atoms with Gasteiger partial charge in [0.2, 0.25) is 5.88 Å². The van der Waals surface area contributed by atoms with E-state index in [2.05, 4.69) is 5.10 Å². The molecule has 1 heterocycles. The van der Waals surface area contributed by atoms with Crippen LogP contribution >= 0.6 is 11.6 Å². The first kappa shape index (κ1) is 12.8. The molecular formula is C12H11ClF2N2O. The largest absolute Gasteiger partial charge is 0.436 e. The third-order valence-electron chi connectivity index (χ3n) is 2.52. The summed E-state index contributed by atoms with van der Waals surface area (Å²) in [5.41, 5.74) is 1.40. The van der Waals surface area contributed by atoms with Crippen molar-refractivity contribution in [1.82, 2.24) is 9.78 Å². The fourth-order valence-electron chi connectivity index (χ4n) is 1.62. The van der Waals surface area contributed by atoms with E-state index in [1.807, 2.05) is 0 Å². The molecule has 6 heteroatoms. The molecule has 3 nitrogen and oxygen atoms in total. The number of halogens is 3. The quantitative estimate of drug-likeness (QED) is 0.799. The summed E-state index contributed by atoms with van der Waals surface area (Å²) in [6, 6.07) is 3.12. The molecule has 96 valence electrons. The molecule has 0 radical (unpaired) electrons. The third kappa shape index (κ3) is 2.31. The maximum absolute atomic E-state index is 13.5. The van der Waals surface area contributed by atoms with Crippen LogP contribution in [-0.2, 0) is 12.9 Å². The van der Waals surface area contributed by atoms with Crippen molar-refractivity contribution in [2.75, 3.05) is 0 Å². The van der Waals surface area contributed by atoms with Crippen molar-refractivity contribution in [2.24, 2.45) is 7.05 Å². The molecule has 2 rings (SSSR count). The highest BCUT2D eigenvalue weighted by Crippen LogP contribution is 2.30. The normalized spacial score (nSPS) is 10.7. The Morgan fingerprint density at radius 1 is 1.39 bits per heavy atom. The Morgan fingerprint density at radius 2 is 2.11 bits per heavy atom. The summed E-state index contributed by atoms with van der Waals surface area (Å²) < 4.78 is 33.1. The van der Waals surface area contributed by atoms with Gasteiger partial charge in [0.1, 0.15) is 5.82 Å². The smallest absolute Gasteiger partial charge is 0.222 e. The number of benzene rings is 1. The van der Waals surface area contributed by atoms with Crippen LogP contribution in [0.2, 0.25) is 0 Å². The highest BCUT2D eigenvalue weighted by molar-refractivity contribution is 6.17. The van der Waals surface area contributed by atoms with E-state index >= 15 is 0 Å². The zero-order valence-corrected chi connectivity index (χ0v) is 10.6. The molecular weight excluding hydrogens is 262 g/mol. The molecule has 18 heavy (non-hydrogen) atoms. The van der Waals surface area contributed by atoms with Gasteiger partial charge < -0.3 is 4.74 Å². The molecule has 0 aliphatic rings. The van der Waals surface area contributed by atoms with Crippen LogP contribution in [0, 0.1) is 18.6 Å². The van der Waals surface area contributed by atoms with Crippen molar-refractivity contribution < 1.29 is 13.5 Å². The molecule has 0 amide bonds. The third-order valence-corrected chi connectivity index (χ3v) is 2.79. The summed E-state index contributed by atoms with van der Waals surface area (Å²) in [5, 5.41) is 4.14. The molecule has 0 N–H and O–H groups in total. The van der Waals surface area contributed by atoms with Gasteiger partial charge in [0.25, 0.3) is 0 Å². The van der Waals surface area contributed by atoms with Crippen molar-refractivity contribution in [3.8, 4) is 11.6 Å². The van der Waals surface area contributed by atoms with Crippen molar-refractivity contribution in [3.63, 3.8) is 0 Å². The molecule has 0 unspecified atom stereocenters. The fourth-order valence-corrected chi connectivity index (χ4v) is 1.93. The Balaban J connectivity index is 2.39. The van der Waals surface area contributed by atoms with E-state index in [0.29, 0.717) is 17.1 Å². The second-order valence-electron chi connectivity index (χ2n) is 3.80. The molecule has 0 atom stereocenters. The molecule has 0 fully saturated rings. The average Bonchev–Trinajstić information content (AvgIpc) is 2.57. The highest BCUT2D eigenvalue weighted by atomic mass is 35.5. The molecule has 0 aliphatic heterocycles. The van der Waals surface area contributed by atoms with Crippen LogP contribution in [0.15, 0.2) is 18.2 Å². The van der Waals surface area contributed by atoms with Gasteiger partial charge in [-0.3, -0.25) is 0 Å². The Hall–Kier alpha value is -1.62. The summed E-state index contributed by atoms with van der Waals surface area (Å²) in [5.74, 6) is -0.926. The van der Waals surface area contributed by atoms with E-state index in [4.69, 9.17) is 16.3 Å². The van der Waals surface area contributed by atoms with Crippen molar-refractivity contribution in [2.45, 2.75) is 12.8 Å². The molecule has 0 spiro atoms. The van der Waals surface area contributed by atoms with Crippen LogP contribution in [0.25, 0.3) is 0 Å². The lowest BCUT2D eigenvalue weighted by molar-refractivity contribution is 0.398. The van der Waals surface area contributed by atoms with Crippen LogP contribution < -0.4 is 4.74 Å². The first-order valence-corrected chi connectivity index (χ1v) is 5.77. The van der Waals surface area contributed by atoms with E-state index in [9.17, 15) is 8.78 Å². The minimum Gasteiger partial charge on any atom is -0.436 e. The van der Waals surface area contributed by atoms with Crippen molar-refractivity contribution >= 4 is 11.6 Å². The van der Waals surface area contributed by atoms with Gasteiger partial charge in [-0.15, -0.1) is 11.6 Å². The average molecular weight is 273 g/mol. The van der Waals surface area contributed by atoms with Crippen LogP contribution in [0.4, 0.5) is 8.78 Å². The van der Waals surface area contributed by atoms with Crippen molar-refractivity contribution in [1.29, 1.82) is 0 Å². The monoisotopic (exact) mass is 272 g/mol. The number of aryl methyl sites for hydroxylation is 2. The van der Waals surface area contributed by atoms with E-state index in [0.717, 1.165) is 12.1 Å². The summed E-state index contributed by atoms with van der Waals surface area (Å²) in [6.45, 7) is 1.78. The first-order valence-electron chi connectivity index (χ1n) is 5.24. The van der Waals surface area contributed by atoms with E-state index < -0.39 is 11.6 Å². The van der Waals surface area contributed by atoms with Gasteiger partial charge in [0, 0.05) is 13.1 Å². The van der Waals surface area contributed by atoms with Crippen molar-refractivity contribution in [3.05, 3.63) is 41.1 Å². The number of hydrogen-bond acceptors (Lipinski definition) is 2. The Labute approximate surface area is 108 Å². The molecule has 1 aromatic carbocycles. The van der Waals surface area contributed by atoms with Crippen LogP contribution in [-0.4, -0.2) is 9.78 Å². The number of ether oxygens (including phenoxy) is 1.